The van der Waals surface area contributed by atoms with E-state index < -0.39 is 0 Å². The molecule has 1 aliphatic rings. The molecule has 23 heavy (non-hydrogen) atoms. The number of hydrogen-bond donors (Lipinski definition) is 1. The summed E-state index contributed by atoms with van der Waals surface area (Å²) in [4.78, 5) is 4.59. The summed E-state index contributed by atoms with van der Waals surface area (Å²) < 4.78 is 5.46. The molecule has 1 heterocycles. The monoisotopic (exact) mass is 320 g/mol. The van der Waals surface area contributed by atoms with Crippen LogP contribution in [0.2, 0.25) is 0 Å². The lowest BCUT2D eigenvalue weighted by atomic mass is 9.85. The number of benzene rings is 1. The first kappa shape index (κ1) is 18.1. The van der Waals surface area contributed by atoms with E-state index in [1.54, 1.807) is 0 Å². The minimum atomic E-state index is 0.0622. The van der Waals surface area contributed by atoms with Crippen LogP contribution in [-0.2, 0) is 16.7 Å². The molecule has 0 bridgehead atoms. The van der Waals surface area contributed by atoms with Gasteiger partial charge in [0.25, 0.3) is 0 Å². The van der Waals surface area contributed by atoms with Crippen LogP contribution in [0.3, 0.4) is 0 Å². The van der Waals surface area contributed by atoms with Crippen LogP contribution in [0.15, 0.2) is 12.1 Å². The number of phenolic OH excluding ortho intramolecular Hbond substituents is 1. The third kappa shape index (κ3) is 4.39. The van der Waals surface area contributed by atoms with Gasteiger partial charge in [0.15, 0.2) is 0 Å². The van der Waals surface area contributed by atoms with Crippen LogP contribution in [-0.4, -0.2) is 49.4 Å². The standard InChI is InChI=1S/C19H32N2O2/c1-6-20(7-2)14-15-12-16(19(3,4)5)13-17(18(15)22)21-8-10-23-11-9-21/h12-13,22H,6-11,14H2,1-5H3. The third-order valence-corrected chi connectivity index (χ3v) is 4.67. The molecule has 0 saturated carbocycles. The number of anilines is 1. The summed E-state index contributed by atoms with van der Waals surface area (Å²) in [5.41, 5.74) is 3.33. The highest BCUT2D eigenvalue weighted by Gasteiger charge is 2.23. The highest BCUT2D eigenvalue weighted by molar-refractivity contribution is 5.64. The van der Waals surface area contributed by atoms with E-state index in [4.69, 9.17) is 4.74 Å². The first-order valence-electron chi connectivity index (χ1n) is 8.78. The highest BCUT2D eigenvalue weighted by atomic mass is 16.5. The predicted molar refractivity (Wildman–Crippen MR) is 96.5 cm³/mol. The quantitative estimate of drug-likeness (QED) is 0.902. The van der Waals surface area contributed by atoms with Gasteiger partial charge in [0, 0.05) is 25.2 Å². The fraction of sp³-hybridized carbons (Fsp3) is 0.684. The summed E-state index contributed by atoms with van der Waals surface area (Å²) in [5, 5.41) is 10.9. The minimum Gasteiger partial charge on any atom is -0.505 e. The maximum absolute atomic E-state index is 10.9. The highest BCUT2D eigenvalue weighted by Crippen LogP contribution is 2.37. The zero-order valence-electron chi connectivity index (χ0n) is 15.4. The van der Waals surface area contributed by atoms with E-state index in [0.29, 0.717) is 5.75 Å². The largest absolute Gasteiger partial charge is 0.505 e. The first-order chi connectivity index (χ1) is 10.9. The molecule has 0 radical (unpaired) electrons. The average Bonchev–Trinajstić information content (AvgIpc) is 2.53. The van der Waals surface area contributed by atoms with E-state index in [1.165, 1.54) is 5.56 Å². The van der Waals surface area contributed by atoms with Crippen molar-refractivity contribution >= 4 is 5.69 Å². The second kappa shape index (κ2) is 7.54. The Labute approximate surface area is 141 Å². The number of aromatic hydroxyl groups is 1. The van der Waals surface area contributed by atoms with Crippen LogP contribution >= 0.6 is 0 Å². The van der Waals surface area contributed by atoms with Crippen LogP contribution in [0, 0.1) is 0 Å². The maximum Gasteiger partial charge on any atom is 0.143 e. The van der Waals surface area contributed by atoms with Crippen molar-refractivity contribution in [1.82, 2.24) is 4.90 Å². The molecule has 130 valence electrons. The lowest BCUT2D eigenvalue weighted by Crippen LogP contribution is -2.36. The van der Waals surface area contributed by atoms with Gasteiger partial charge >= 0.3 is 0 Å². The van der Waals surface area contributed by atoms with Crippen LogP contribution in [0.1, 0.15) is 45.7 Å². The van der Waals surface area contributed by atoms with Crippen molar-refractivity contribution in [1.29, 1.82) is 0 Å². The zero-order valence-corrected chi connectivity index (χ0v) is 15.4. The van der Waals surface area contributed by atoms with Gasteiger partial charge in [-0.2, -0.15) is 0 Å². The zero-order chi connectivity index (χ0) is 17.0. The number of phenols is 1. The summed E-state index contributed by atoms with van der Waals surface area (Å²) >= 11 is 0. The first-order valence-corrected chi connectivity index (χ1v) is 8.78. The van der Waals surface area contributed by atoms with Crippen molar-refractivity contribution in [3.63, 3.8) is 0 Å². The van der Waals surface area contributed by atoms with Crippen molar-refractivity contribution < 1.29 is 9.84 Å². The topological polar surface area (TPSA) is 35.9 Å². The number of morpholine rings is 1. The minimum absolute atomic E-state index is 0.0622. The summed E-state index contributed by atoms with van der Waals surface area (Å²) in [6.45, 7) is 16.9. The van der Waals surface area contributed by atoms with E-state index in [2.05, 4.69) is 56.6 Å². The van der Waals surface area contributed by atoms with Crippen LogP contribution in [0.4, 0.5) is 5.69 Å². The summed E-state index contributed by atoms with van der Waals surface area (Å²) in [6, 6.07) is 4.34. The van der Waals surface area contributed by atoms with Gasteiger partial charge in [-0.05, 0) is 30.1 Å². The van der Waals surface area contributed by atoms with Crippen molar-refractivity contribution in [3.05, 3.63) is 23.3 Å². The number of nitrogens with zero attached hydrogens (tertiary/aromatic N) is 2. The third-order valence-electron chi connectivity index (χ3n) is 4.67. The molecule has 1 aromatic carbocycles. The van der Waals surface area contributed by atoms with E-state index in [-0.39, 0.29) is 5.41 Å². The Morgan fingerprint density at radius 3 is 2.26 bits per heavy atom. The van der Waals surface area contributed by atoms with Crippen LogP contribution in [0.5, 0.6) is 5.75 Å². The Balaban J connectivity index is 2.43. The van der Waals surface area contributed by atoms with E-state index in [1.807, 2.05) is 0 Å². The fourth-order valence-electron chi connectivity index (χ4n) is 2.96. The van der Waals surface area contributed by atoms with Crippen molar-refractivity contribution in [2.45, 2.75) is 46.6 Å². The molecule has 0 atom stereocenters. The normalized spacial score (nSPS) is 16.2. The molecule has 1 fully saturated rings. The maximum atomic E-state index is 10.9. The smallest absolute Gasteiger partial charge is 0.143 e. The Bertz CT molecular complexity index is 513. The Hall–Kier alpha value is -1.26. The van der Waals surface area contributed by atoms with Gasteiger partial charge in [-0.1, -0.05) is 40.7 Å². The Morgan fingerprint density at radius 2 is 1.74 bits per heavy atom. The van der Waals surface area contributed by atoms with Crippen LogP contribution < -0.4 is 4.90 Å². The van der Waals surface area contributed by atoms with Gasteiger partial charge in [-0.15, -0.1) is 0 Å². The van der Waals surface area contributed by atoms with Crippen molar-refractivity contribution in [2.75, 3.05) is 44.3 Å². The second-order valence-corrected chi connectivity index (χ2v) is 7.31. The fourth-order valence-corrected chi connectivity index (χ4v) is 2.96. The average molecular weight is 320 g/mol. The molecular formula is C19H32N2O2. The molecule has 2 rings (SSSR count). The van der Waals surface area contributed by atoms with Crippen molar-refractivity contribution in [2.24, 2.45) is 0 Å². The Kier molecular flexibility index (Phi) is 5.93. The summed E-state index contributed by atoms with van der Waals surface area (Å²) in [5.74, 6) is 0.437. The number of hydrogen-bond acceptors (Lipinski definition) is 4. The number of ether oxygens (including phenoxy) is 1. The summed E-state index contributed by atoms with van der Waals surface area (Å²) in [7, 11) is 0. The summed E-state index contributed by atoms with van der Waals surface area (Å²) in [6.07, 6.45) is 0. The molecule has 0 amide bonds. The molecule has 1 aromatic rings. The van der Waals surface area contributed by atoms with E-state index >= 15 is 0 Å². The molecule has 0 aromatic heterocycles. The van der Waals surface area contributed by atoms with Gasteiger partial charge in [-0.25, -0.2) is 0 Å². The van der Waals surface area contributed by atoms with Crippen molar-refractivity contribution in [3.8, 4) is 5.75 Å². The molecule has 1 saturated heterocycles. The molecule has 4 nitrogen and oxygen atoms in total. The van der Waals surface area contributed by atoms with Gasteiger partial charge < -0.3 is 14.7 Å². The molecule has 0 spiro atoms. The van der Waals surface area contributed by atoms with E-state index in [0.717, 1.165) is 57.2 Å². The predicted octanol–water partition coefficient (Wildman–Crippen LogP) is 3.37. The molecule has 0 aliphatic carbocycles. The molecule has 0 unspecified atom stereocenters. The van der Waals surface area contributed by atoms with Gasteiger partial charge in [0.05, 0.1) is 18.9 Å². The van der Waals surface area contributed by atoms with Gasteiger partial charge in [-0.3, -0.25) is 4.90 Å². The molecule has 1 aliphatic heterocycles. The van der Waals surface area contributed by atoms with Gasteiger partial charge in [0.2, 0.25) is 0 Å². The van der Waals surface area contributed by atoms with Gasteiger partial charge in [0.1, 0.15) is 5.75 Å². The molecular weight excluding hydrogens is 288 g/mol. The lowest BCUT2D eigenvalue weighted by Gasteiger charge is -2.32. The molecule has 1 N–H and O–H groups in total. The van der Waals surface area contributed by atoms with E-state index in [9.17, 15) is 5.11 Å². The SMILES string of the molecule is CCN(CC)Cc1cc(C(C)(C)C)cc(N2CCOCC2)c1O. The number of rotatable bonds is 5. The lowest BCUT2D eigenvalue weighted by molar-refractivity contribution is 0.122. The second-order valence-electron chi connectivity index (χ2n) is 7.31. The van der Waals surface area contributed by atoms with Crippen LogP contribution in [0.25, 0.3) is 0 Å². The molecule has 4 heteroatoms. The Morgan fingerprint density at radius 1 is 1.13 bits per heavy atom.